The summed E-state index contributed by atoms with van der Waals surface area (Å²) in [6.45, 7) is 5.16. The molecule has 0 aromatic carbocycles. The molecule has 0 bridgehead atoms. The van der Waals surface area contributed by atoms with Crippen molar-refractivity contribution in [3.05, 3.63) is 0 Å². The Morgan fingerprint density at radius 1 is 1.29 bits per heavy atom. The number of carbonyl (C=O) groups excluding carboxylic acids is 1. The maximum atomic E-state index is 12.3. The van der Waals surface area contributed by atoms with Crippen molar-refractivity contribution in [3.8, 4) is 0 Å². The zero-order valence-corrected chi connectivity index (χ0v) is 13.3. The van der Waals surface area contributed by atoms with E-state index in [4.69, 9.17) is 10.8 Å². The van der Waals surface area contributed by atoms with Gasteiger partial charge in [0.1, 0.15) is 0 Å². The lowest BCUT2D eigenvalue weighted by atomic mass is 9.78. The maximum Gasteiger partial charge on any atom is 0.303 e. The van der Waals surface area contributed by atoms with Crippen LogP contribution in [0.25, 0.3) is 0 Å². The number of hydrogen-bond acceptors (Lipinski definition) is 3. The molecule has 3 unspecified atom stereocenters. The molecule has 0 radical (unpaired) electrons. The smallest absolute Gasteiger partial charge is 0.303 e. The highest BCUT2D eigenvalue weighted by molar-refractivity contribution is 5.79. The topological polar surface area (TPSA) is 92.4 Å². The molecule has 4 N–H and O–H groups in total. The fraction of sp³-hybridized carbons (Fsp3) is 0.875. The minimum Gasteiger partial charge on any atom is -0.481 e. The van der Waals surface area contributed by atoms with Gasteiger partial charge in [-0.05, 0) is 43.6 Å². The quantitative estimate of drug-likeness (QED) is 0.639. The maximum absolute atomic E-state index is 12.3. The third-order valence-corrected chi connectivity index (χ3v) is 4.38. The molecule has 0 saturated heterocycles. The van der Waals surface area contributed by atoms with Gasteiger partial charge in [-0.1, -0.05) is 26.7 Å². The van der Waals surface area contributed by atoms with Gasteiger partial charge < -0.3 is 16.2 Å². The summed E-state index contributed by atoms with van der Waals surface area (Å²) in [4.78, 5) is 23.2. The lowest BCUT2D eigenvalue weighted by Crippen LogP contribution is -2.41. The van der Waals surface area contributed by atoms with Crippen LogP contribution in [0, 0.1) is 23.7 Å². The van der Waals surface area contributed by atoms with E-state index in [1.807, 2.05) is 0 Å². The molecule has 0 aromatic rings. The van der Waals surface area contributed by atoms with Gasteiger partial charge in [0.25, 0.3) is 0 Å². The molecule has 1 saturated carbocycles. The van der Waals surface area contributed by atoms with Gasteiger partial charge in [-0.25, -0.2) is 0 Å². The Morgan fingerprint density at radius 2 is 1.95 bits per heavy atom. The molecule has 1 aliphatic carbocycles. The van der Waals surface area contributed by atoms with E-state index >= 15 is 0 Å². The van der Waals surface area contributed by atoms with Gasteiger partial charge in [0.2, 0.25) is 5.91 Å². The first-order chi connectivity index (χ1) is 9.93. The first-order valence-corrected chi connectivity index (χ1v) is 8.13. The number of aliphatic carboxylic acids is 1. The van der Waals surface area contributed by atoms with Gasteiger partial charge in [0.05, 0.1) is 0 Å². The average Bonchev–Trinajstić information content (AvgIpc) is 2.43. The first kappa shape index (κ1) is 18.0. The number of rotatable bonds is 8. The second-order valence-electron chi connectivity index (χ2n) is 6.73. The van der Waals surface area contributed by atoms with E-state index < -0.39 is 5.97 Å². The Kier molecular flexibility index (Phi) is 7.72. The highest BCUT2D eigenvalue weighted by Gasteiger charge is 2.30. The molecule has 21 heavy (non-hydrogen) atoms. The van der Waals surface area contributed by atoms with Crippen LogP contribution in [0.2, 0.25) is 0 Å². The van der Waals surface area contributed by atoms with Gasteiger partial charge in [0.15, 0.2) is 0 Å². The molecule has 0 aromatic heterocycles. The largest absolute Gasteiger partial charge is 0.481 e. The zero-order chi connectivity index (χ0) is 15.8. The van der Waals surface area contributed by atoms with Crippen LogP contribution >= 0.6 is 0 Å². The van der Waals surface area contributed by atoms with Crippen LogP contribution < -0.4 is 11.1 Å². The number of amides is 1. The van der Waals surface area contributed by atoms with E-state index in [-0.39, 0.29) is 30.1 Å². The van der Waals surface area contributed by atoms with E-state index in [0.29, 0.717) is 19.0 Å². The first-order valence-electron chi connectivity index (χ1n) is 8.13. The van der Waals surface area contributed by atoms with Crippen molar-refractivity contribution in [2.75, 3.05) is 13.1 Å². The average molecular weight is 298 g/mol. The van der Waals surface area contributed by atoms with Gasteiger partial charge in [0, 0.05) is 18.9 Å². The number of hydrogen-bond donors (Lipinski definition) is 3. The number of nitrogens with one attached hydrogen (secondary N) is 1. The monoisotopic (exact) mass is 298 g/mol. The summed E-state index contributed by atoms with van der Waals surface area (Å²) >= 11 is 0. The summed E-state index contributed by atoms with van der Waals surface area (Å²) in [5, 5.41) is 11.9. The molecule has 0 heterocycles. The molecule has 5 nitrogen and oxygen atoms in total. The molecule has 1 amide bonds. The molecule has 1 rings (SSSR count). The van der Waals surface area contributed by atoms with E-state index in [1.54, 1.807) is 0 Å². The molecule has 122 valence electrons. The van der Waals surface area contributed by atoms with Crippen molar-refractivity contribution in [2.24, 2.45) is 29.4 Å². The Balaban J connectivity index is 2.49. The molecule has 1 aliphatic rings. The van der Waals surface area contributed by atoms with E-state index in [2.05, 4.69) is 19.2 Å². The van der Waals surface area contributed by atoms with Gasteiger partial charge >= 0.3 is 5.97 Å². The minimum atomic E-state index is -0.799. The predicted octanol–water partition coefficient (Wildman–Crippen LogP) is 2.00. The van der Waals surface area contributed by atoms with Crippen molar-refractivity contribution < 1.29 is 14.7 Å². The van der Waals surface area contributed by atoms with Gasteiger partial charge in [-0.3, -0.25) is 9.59 Å². The van der Waals surface area contributed by atoms with Crippen LogP contribution in [-0.4, -0.2) is 30.1 Å². The second kappa shape index (κ2) is 9.03. The summed E-state index contributed by atoms with van der Waals surface area (Å²) in [7, 11) is 0. The predicted molar refractivity (Wildman–Crippen MR) is 82.7 cm³/mol. The molecular weight excluding hydrogens is 268 g/mol. The normalized spacial score (nSPS) is 23.8. The van der Waals surface area contributed by atoms with Crippen LogP contribution in [0.1, 0.15) is 52.4 Å². The number of carboxylic acids is 1. The zero-order valence-electron chi connectivity index (χ0n) is 13.3. The van der Waals surface area contributed by atoms with Crippen molar-refractivity contribution >= 4 is 11.9 Å². The minimum absolute atomic E-state index is 0.00590. The number of carbonyl (C=O) groups is 2. The van der Waals surface area contributed by atoms with Crippen LogP contribution in [0.5, 0.6) is 0 Å². The van der Waals surface area contributed by atoms with Crippen LogP contribution in [0.4, 0.5) is 0 Å². The van der Waals surface area contributed by atoms with E-state index in [9.17, 15) is 9.59 Å². The summed E-state index contributed by atoms with van der Waals surface area (Å²) in [5.74, 6) is -0.0177. The lowest BCUT2D eigenvalue weighted by Gasteiger charge is -2.30. The van der Waals surface area contributed by atoms with Crippen LogP contribution in [0.3, 0.4) is 0 Å². The summed E-state index contributed by atoms with van der Waals surface area (Å²) < 4.78 is 0. The third kappa shape index (κ3) is 6.46. The third-order valence-electron chi connectivity index (χ3n) is 4.38. The molecule has 0 spiro atoms. The number of nitrogens with two attached hydrogens (primary N) is 1. The Bertz CT molecular complexity index is 344. The lowest BCUT2D eigenvalue weighted by molar-refractivity contribution is -0.138. The Hall–Kier alpha value is -1.10. The standard InChI is InChI=1S/C16H30N2O3/c1-11(2)7-12(8-15(19)20)10-18-16(21)14-6-4-3-5-13(14)9-17/h11-14H,3-10,17H2,1-2H3,(H,18,21)(H,19,20). The van der Waals surface area contributed by atoms with Crippen molar-refractivity contribution in [1.29, 1.82) is 0 Å². The summed E-state index contributed by atoms with van der Waals surface area (Å²) in [6.07, 6.45) is 5.10. The molecule has 5 heteroatoms. The van der Waals surface area contributed by atoms with Crippen LogP contribution in [-0.2, 0) is 9.59 Å². The van der Waals surface area contributed by atoms with Crippen molar-refractivity contribution in [1.82, 2.24) is 5.32 Å². The van der Waals surface area contributed by atoms with Gasteiger partial charge in [-0.15, -0.1) is 0 Å². The second-order valence-corrected chi connectivity index (χ2v) is 6.73. The summed E-state index contributed by atoms with van der Waals surface area (Å²) in [5.41, 5.74) is 5.76. The fourth-order valence-electron chi connectivity index (χ4n) is 3.36. The molecule has 3 atom stereocenters. The SMILES string of the molecule is CC(C)CC(CNC(=O)C1CCCCC1CN)CC(=O)O. The Labute approximate surface area is 127 Å². The molecule has 0 aliphatic heterocycles. The van der Waals surface area contributed by atoms with Crippen LogP contribution in [0.15, 0.2) is 0 Å². The molecule has 1 fully saturated rings. The van der Waals surface area contributed by atoms with Crippen molar-refractivity contribution in [3.63, 3.8) is 0 Å². The number of carboxylic acid groups (broad SMARTS) is 1. The summed E-state index contributed by atoms with van der Waals surface area (Å²) in [6, 6.07) is 0. The Morgan fingerprint density at radius 3 is 2.52 bits per heavy atom. The van der Waals surface area contributed by atoms with E-state index in [0.717, 1.165) is 32.1 Å². The van der Waals surface area contributed by atoms with Gasteiger partial charge in [-0.2, -0.15) is 0 Å². The van der Waals surface area contributed by atoms with E-state index in [1.165, 1.54) is 0 Å². The fourth-order valence-corrected chi connectivity index (χ4v) is 3.36. The van der Waals surface area contributed by atoms with Crippen molar-refractivity contribution in [2.45, 2.75) is 52.4 Å². The molecular formula is C16H30N2O3. The highest BCUT2D eigenvalue weighted by Crippen LogP contribution is 2.29. The highest BCUT2D eigenvalue weighted by atomic mass is 16.4.